The summed E-state index contributed by atoms with van der Waals surface area (Å²) in [6, 6.07) is 10.5. The van der Waals surface area contributed by atoms with Crippen LogP contribution in [0.2, 0.25) is 0 Å². The first-order chi connectivity index (χ1) is 10.2. The Labute approximate surface area is 130 Å². The van der Waals surface area contributed by atoms with E-state index in [2.05, 4.69) is 29.3 Å². The third kappa shape index (κ3) is 3.44. The van der Waals surface area contributed by atoms with Gasteiger partial charge in [0.1, 0.15) is 0 Å². The molecule has 1 aliphatic heterocycles. The number of amides is 1. The summed E-state index contributed by atoms with van der Waals surface area (Å²) in [6.07, 6.45) is 3.92. The van der Waals surface area contributed by atoms with Gasteiger partial charge < -0.3 is 5.32 Å². The van der Waals surface area contributed by atoms with Crippen LogP contribution < -0.4 is 5.32 Å². The summed E-state index contributed by atoms with van der Waals surface area (Å²) in [6.45, 7) is 5.27. The zero-order valence-corrected chi connectivity index (χ0v) is 13.3. The maximum Gasteiger partial charge on any atom is 0.261 e. The van der Waals surface area contributed by atoms with E-state index in [4.69, 9.17) is 0 Å². The first-order valence-corrected chi connectivity index (χ1v) is 8.56. The SMILES string of the molecule is C[C@H](CNC(=O)c1cc2ccccc2s1)N1CCCCC1. The number of piperidine rings is 1. The van der Waals surface area contributed by atoms with Gasteiger partial charge in [0.05, 0.1) is 4.88 Å². The number of hydrogen-bond acceptors (Lipinski definition) is 3. The molecule has 1 aromatic carbocycles. The number of likely N-dealkylation sites (tertiary alicyclic amines) is 1. The highest BCUT2D eigenvalue weighted by molar-refractivity contribution is 7.20. The number of nitrogens with one attached hydrogen (secondary N) is 1. The predicted octanol–water partition coefficient (Wildman–Crippen LogP) is 3.51. The maximum absolute atomic E-state index is 12.3. The minimum Gasteiger partial charge on any atom is -0.350 e. The van der Waals surface area contributed by atoms with E-state index in [9.17, 15) is 4.79 Å². The van der Waals surface area contributed by atoms with Gasteiger partial charge in [-0.3, -0.25) is 9.69 Å². The van der Waals surface area contributed by atoms with Gasteiger partial charge in [0.25, 0.3) is 5.91 Å². The van der Waals surface area contributed by atoms with Crippen LogP contribution in [0.25, 0.3) is 10.1 Å². The standard InChI is InChI=1S/C17H22N2OS/c1-13(19-9-5-2-6-10-19)12-18-17(20)16-11-14-7-3-4-8-15(14)21-16/h3-4,7-8,11,13H,2,5-6,9-10,12H2,1H3,(H,18,20)/t13-/m1/s1. The first kappa shape index (κ1) is 14.5. The van der Waals surface area contributed by atoms with E-state index in [1.54, 1.807) is 11.3 Å². The van der Waals surface area contributed by atoms with Crippen LogP contribution in [0.3, 0.4) is 0 Å². The predicted molar refractivity (Wildman–Crippen MR) is 89.0 cm³/mol. The van der Waals surface area contributed by atoms with Crippen LogP contribution in [-0.2, 0) is 0 Å². The zero-order chi connectivity index (χ0) is 14.7. The highest BCUT2D eigenvalue weighted by atomic mass is 32.1. The molecule has 0 radical (unpaired) electrons. The van der Waals surface area contributed by atoms with Gasteiger partial charge in [-0.1, -0.05) is 24.6 Å². The summed E-state index contributed by atoms with van der Waals surface area (Å²) in [7, 11) is 0. The molecule has 1 amide bonds. The third-order valence-electron chi connectivity index (χ3n) is 4.22. The minimum atomic E-state index is 0.0556. The van der Waals surface area contributed by atoms with E-state index < -0.39 is 0 Å². The molecule has 1 N–H and O–H groups in total. The molecule has 1 aromatic heterocycles. The number of hydrogen-bond donors (Lipinski definition) is 1. The number of benzene rings is 1. The number of rotatable bonds is 4. The van der Waals surface area contributed by atoms with Gasteiger partial charge in [-0.25, -0.2) is 0 Å². The Morgan fingerprint density at radius 2 is 2.05 bits per heavy atom. The number of nitrogens with zero attached hydrogens (tertiary/aromatic N) is 1. The fourth-order valence-electron chi connectivity index (χ4n) is 2.91. The van der Waals surface area contributed by atoms with Gasteiger partial charge in [-0.15, -0.1) is 11.3 Å². The molecule has 4 heteroatoms. The van der Waals surface area contributed by atoms with Crippen molar-refractivity contribution in [3.8, 4) is 0 Å². The van der Waals surface area contributed by atoms with E-state index in [1.165, 1.54) is 37.1 Å². The molecule has 2 heterocycles. The summed E-state index contributed by atoms with van der Waals surface area (Å²) in [4.78, 5) is 15.6. The molecular formula is C17H22N2OS. The lowest BCUT2D eigenvalue weighted by Crippen LogP contribution is -2.44. The van der Waals surface area contributed by atoms with Crippen molar-refractivity contribution in [2.24, 2.45) is 0 Å². The van der Waals surface area contributed by atoms with Crippen LogP contribution in [0.1, 0.15) is 35.9 Å². The Hall–Kier alpha value is -1.39. The molecule has 0 bridgehead atoms. The molecule has 112 valence electrons. The molecule has 0 saturated carbocycles. The topological polar surface area (TPSA) is 32.3 Å². The summed E-state index contributed by atoms with van der Waals surface area (Å²) < 4.78 is 1.17. The second-order valence-electron chi connectivity index (χ2n) is 5.80. The summed E-state index contributed by atoms with van der Waals surface area (Å²) in [5.41, 5.74) is 0. The van der Waals surface area contributed by atoms with Crippen LogP contribution in [0, 0.1) is 0 Å². The van der Waals surface area contributed by atoms with Crippen molar-refractivity contribution in [1.82, 2.24) is 10.2 Å². The molecule has 1 fully saturated rings. The lowest BCUT2D eigenvalue weighted by atomic mass is 10.1. The molecule has 3 rings (SSSR count). The van der Waals surface area contributed by atoms with Crippen LogP contribution in [0.15, 0.2) is 30.3 Å². The molecule has 3 nitrogen and oxygen atoms in total. The fourth-order valence-corrected chi connectivity index (χ4v) is 3.89. The van der Waals surface area contributed by atoms with Gasteiger partial charge in [-0.05, 0) is 50.4 Å². The highest BCUT2D eigenvalue weighted by Crippen LogP contribution is 2.25. The third-order valence-corrected chi connectivity index (χ3v) is 5.34. The van der Waals surface area contributed by atoms with Crippen LogP contribution in [0.4, 0.5) is 0 Å². The van der Waals surface area contributed by atoms with Crippen molar-refractivity contribution in [3.05, 3.63) is 35.2 Å². The smallest absolute Gasteiger partial charge is 0.261 e. The Morgan fingerprint density at radius 3 is 2.81 bits per heavy atom. The number of carbonyl (C=O) groups is 1. The molecule has 0 spiro atoms. The number of fused-ring (bicyclic) bond motifs is 1. The van der Waals surface area contributed by atoms with Crippen molar-refractivity contribution in [1.29, 1.82) is 0 Å². The summed E-state index contributed by atoms with van der Waals surface area (Å²) in [5, 5.41) is 4.24. The minimum absolute atomic E-state index is 0.0556. The average Bonchev–Trinajstić information content (AvgIpc) is 2.97. The van der Waals surface area contributed by atoms with Crippen LogP contribution >= 0.6 is 11.3 Å². The normalized spacial score (nSPS) is 17.8. The van der Waals surface area contributed by atoms with E-state index in [0.717, 1.165) is 16.8 Å². The molecule has 0 aliphatic carbocycles. The quantitative estimate of drug-likeness (QED) is 0.937. The highest BCUT2D eigenvalue weighted by Gasteiger charge is 2.18. The summed E-state index contributed by atoms with van der Waals surface area (Å²) in [5.74, 6) is 0.0556. The van der Waals surface area contributed by atoms with Crippen molar-refractivity contribution in [3.63, 3.8) is 0 Å². The molecule has 1 aliphatic rings. The van der Waals surface area contributed by atoms with Crippen LogP contribution in [0.5, 0.6) is 0 Å². The zero-order valence-electron chi connectivity index (χ0n) is 12.5. The van der Waals surface area contributed by atoms with Crippen molar-refractivity contribution in [2.45, 2.75) is 32.2 Å². The molecule has 0 unspecified atom stereocenters. The Balaban J connectivity index is 1.58. The molecular weight excluding hydrogens is 280 g/mol. The van der Waals surface area contributed by atoms with Crippen LogP contribution in [-0.4, -0.2) is 36.5 Å². The largest absolute Gasteiger partial charge is 0.350 e. The fraction of sp³-hybridized carbons (Fsp3) is 0.471. The molecule has 1 atom stereocenters. The lowest BCUT2D eigenvalue weighted by molar-refractivity contribution is 0.0934. The number of carbonyl (C=O) groups excluding carboxylic acids is 1. The molecule has 1 saturated heterocycles. The maximum atomic E-state index is 12.3. The second-order valence-corrected chi connectivity index (χ2v) is 6.89. The van der Waals surface area contributed by atoms with E-state index in [0.29, 0.717) is 6.04 Å². The van der Waals surface area contributed by atoms with E-state index >= 15 is 0 Å². The Kier molecular flexibility index (Phi) is 4.56. The van der Waals surface area contributed by atoms with E-state index in [-0.39, 0.29) is 5.91 Å². The monoisotopic (exact) mass is 302 g/mol. The molecule has 21 heavy (non-hydrogen) atoms. The first-order valence-electron chi connectivity index (χ1n) is 7.75. The van der Waals surface area contributed by atoms with Gasteiger partial charge >= 0.3 is 0 Å². The van der Waals surface area contributed by atoms with Crippen molar-refractivity contribution >= 4 is 27.3 Å². The van der Waals surface area contributed by atoms with Gasteiger partial charge in [0.15, 0.2) is 0 Å². The van der Waals surface area contributed by atoms with Crippen molar-refractivity contribution in [2.75, 3.05) is 19.6 Å². The van der Waals surface area contributed by atoms with Gasteiger partial charge in [-0.2, -0.15) is 0 Å². The van der Waals surface area contributed by atoms with Gasteiger partial charge in [0, 0.05) is 17.3 Å². The summed E-state index contributed by atoms with van der Waals surface area (Å²) >= 11 is 1.57. The Bertz CT molecular complexity index is 583. The van der Waals surface area contributed by atoms with Gasteiger partial charge in [0.2, 0.25) is 0 Å². The van der Waals surface area contributed by atoms with Crippen molar-refractivity contribution < 1.29 is 4.79 Å². The second kappa shape index (κ2) is 6.58. The van der Waals surface area contributed by atoms with E-state index in [1.807, 2.05) is 18.2 Å². The molecule has 2 aromatic rings. The number of thiophene rings is 1. The Morgan fingerprint density at radius 1 is 1.29 bits per heavy atom. The lowest BCUT2D eigenvalue weighted by Gasteiger charge is -2.32. The average molecular weight is 302 g/mol.